The van der Waals surface area contributed by atoms with Crippen molar-refractivity contribution in [3.63, 3.8) is 0 Å². The molecule has 37 heavy (non-hydrogen) atoms. The molecule has 1 amide bonds. The summed E-state index contributed by atoms with van der Waals surface area (Å²) in [6.45, 7) is 5.71. The maximum absolute atomic E-state index is 13.7. The molecule has 1 aromatic heterocycles. The van der Waals surface area contributed by atoms with Crippen LogP contribution in [0.1, 0.15) is 43.6 Å². The second-order valence-electron chi connectivity index (χ2n) is 9.46. The van der Waals surface area contributed by atoms with Gasteiger partial charge in [0.1, 0.15) is 12.4 Å². The summed E-state index contributed by atoms with van der Waals surface area (Å²) < 4.78 is 12.7. The summed E-state index contributed by atoms with van der Waals surface area (Å²) in [7, 11) is 1.96. The zero-order valence-corrected chi connectivity index (χ0v) is 21.6. The van der Waals surface area contributed by atoms with Gasteiger partial charge in [0.15, 0.2) is 0 Å². The Hall–Kier alpha value is -3.90. The first kappa shape index (κ1) is 26.2. The summed E-state index contributed by atoms with van der Waals surface area (Å²) in [5, 5.41) is 12.3. The number of fused-ring (bicyclic) bond motifs is 1. The van der Waals surface area contributed by atoms with Gasteiger partial charge in [-0.15, -0.1) is 0 Å². The van der Waals surface area contributed by atoms with Gasteiger partial charge in [0.05, 0.1) is 47.8 Å². The zero-order chi connectivity index (χ0) is 26.4. The molecule has 0 saturated carbocycles. The van der Waals surface area contributed by atoms with E-state index in [-0.39, 0.29) is 25.7 Å². The van der Waals surface area contributed by atoms with Crippen LogP contribution in [0.25, 0.3) is 11.0 Å². The maximum atomic E-state index is 13.7. The first-order valence-electron chi connectivity index (χ1n) is 12.6. The lowest BCUT2D eigenvalue weighted by molar-refractivity contribution is -0.151. The Labute approximate surface area is 217 Å². The topological polar surface area (TPSA) is 109 Å². The number of likely N-dealkylation sites (tertiary alicyclic amines) is 1. The van der Waals surface area contributed by atoms with E-state index in [2.05, 4.69) is 11.4 Å². The number of nitriles is 1. The minimum Gasteiger partial charge on any atom is -0.464 e. The van der Waals surface area contributed by atoms with Crippen LogP contribution in [0.15, 0.2) is 42.5 Å². The molecule has 0 aliphatic carbocycles. The number of rotatable bonds is 10. The fourth-order valence-corrected chi connectivity index (χ4v) is 4.67. The summed E-state index contributed by atoms with van der Waals surface area (Å²) in [6.07, 6.45) is 1.97. The average Bonchev–Trinajstić information content (AvgIpc) is 3.55. The highest BCUT2D eigenvalue weighted by atomic mass is 16.6. The van der Waals surface area contributed by atoms with Crippen molar-refractivity contribution in [2.24, 2.45) is 7.05 Å². The molecule has 2 aromatic carbocycles. The van der Waals surface area contributed by atoms with Gasteiger partial charge >= 0.3 is 5.97 Å². The van der Waals surface area contributed by atoms with Gasteiger partial charge in [-0.05, 0) is 68.7 Å². The van der Waals surface area contributed by atoms with E-state index in [4.69, 9.17) is 19.7 Å². The minimum atomic E-state index is -0.969. The van der Waals surface area contributed by atoms with Crippen LogP contribution in [-0.2, 0) is 38.1 Å². The molecule has 1 atom stereocenters. The van der Waals surface area contributed by atoms with E-state index in [0.29, 0.717) is 12.1 Å². The number of imidazole rings is 1. The van der Waals surface area contributed by atoms with Gasteiger partial charge < -0.3 is 24.3 Å². The number of benzene rings is 2. The van der Waals surface area contributed by atoms with Crippen molar-refractivity contribution < 1.29 is 19.1 Å². The molecular weight excluding hydrogens is 470 g/mol. The van der Waals surface area contributed by atoms with E-state index in [0.717, 1.165) is 54.0 Å². The normalized spacial score (nSPS) is 14.8. The summed E-state index contributed by atoms with van der Waals surface area (Å²) in [6, 6.07) is 15.3. The molecule has 9 heteroatoms. The van der Waals surface area contributed by atoms with Crippen LogP contribution in [0.3, 0.4) is 0 Å². The molecule has 0 bridgehead atoms. The van der Waals surface area contributed by atoms with Crippen molar-refractivity contribution in [1.29, 1.82) is 5.26 Å². The molecule has 194 valence electrons. The molecule has 9 nitrogen and oxygen atoms in total. The number of aromatic nitrogens is 2. The van der Waals surface area contributed by atoms with Crippen LogP contribution in [0.5, 0.6) is 0 Å². The number of ether oxygens (including phenoxy) is 2. The third-order valence-corrected chi connectivity index (χ3v) is 6.86. The van der Waals surface area contributed by atoms with Crippen LogP contribution in [0, 0.1) is 11.3 Å². The van der Waals surface area contributed by atoms with Crippen LogP contribution in [0.4, 0.5) is 5.69 Å². The molecule has 1 N–H and O–H groups in total. The molecule has 3 aromatic rings. The van der Waals surface area contributed by atoms with Crippen LogP contribution in [-0.4, -0.2) is 59.2 Å². The molecule has 1 aliphatic rings. The summed E-state index contributed by atoms with van der Waals surface area (Å²) in [5.74, 6) is 0.382. The number of carbonyl (C=O) groups is 2. The lowest BCUT2D eigenvalue weighted by Gasteiger charge is -2.32. The summed E-state index contributed by atoms with van der Waals surface area (Å²) in [5.41, 5.74) is 3.06. The van der Waals surface area contributed by atoms with E-state index in [1.165, 1.54) is 0 Å². The molecule has 1 saturated heterocycles. The number of nitrogens with zero attached hydrogens (tertiary/aromatic N) is 4. The molecule has 1 aliphatic heterocycles. The van der Waals surface area contributed by atoms with Crippen LogP contribution in [0.2, 0.25) is 0 Å². The third kappa shape index (κ3) is 5.75. The SMILES string of the molecule is CCOC(=O)COCC(C)(C(=O)N1CCCC1)c1ccc2c(c1)nc(CNc1ccc(C#N)cc1)n2C. The summed E-state index contributed by atoms with van der Waals surface area (Å²) >= 11 is 0. The number of amides is 1. The molecular formula is C28H33N5O4. The molecule has 1 unspecified atom stereocenters. The van der Waals surface area contributed by atoms with E-state index in [1.54, 1.807) is 19.1 Å². The van der Waals surface area contributed by atoms with Gasteiger partial charge in [0, 0.05) is 25.8 Å². The number of hydrogen-bond acceptors (Lipinski definition) is 7. The van der Waals surface area contributed by atoms with Gasteiger partial charge in [-0.1, -0.05) is 6.07 Å². The number of hydrogen-bond donors (Lipinski definition) is 1. The number of esters is 1. The number of nitrogens with one attached hydrogen (secondary N) is 1. The Morgan fingerprint density at radius 3 is 2.57 bits per heavy atom. The smallest absolute Gasteiger partial charge is 0.332 e. The Balaban J connectivity index is 1.57. The molecule has 0 spiro atoms. The molecule has 2 heterocycles. The lowest BCUT2D eigenvalue weighted by Crippen LogP contribution is -2.47. The largest absolute Gasteiger partial charge is 0.464 e. The monoisotopic (exact) mass is 503 g/mol. The van der Waals surface area contributed by atoms with Gasteiger partial charge in [-0.3, -0.25) is 4.79 Å². The predicted octanol–water partition coefficient (Wildman–Crippen LogP) is 3.52. The molecule has 1 fully saturated rings. The van der Waals surface area contributed by atoms with Crippen molar-refractivity contribution in [2.75, 3.05) is 38.2 Å². The second kappa shape index (κ2) is 11.4. The van der Waals surface area contributed by atoms with Gasteiger partial charge in [-0.25, -0.2) is 9.78 Å². The quantitative estimate of drug-likeness (QED) is 0.422. The minimum absolute atomic E-state index is 0.00755. The molecule has 0 radical (unpaired) electrons. The number of carbonyl (C=O) groups excluding carboxylic acids is 2. The van der Waals surface area contributed by atoms with Crippen LogP contribution < -0.4 is 5.32 Å². The van der Waals surface area contributed by atoms with E-state index in [1.807, 2.05) is 53.8 Å². The van der Waals surface area contributed by atoms with Gasteiger partial charge in [0.25, 0.3) is 0 Å². The van der Waals surface area contributed by atoms with Crippen molar-refractivity contribution in [2.45, 2.75) is 38.6 Å². The maximum Gasteiger partial charge on any atom is 0.332 e. The highest BCUT2D eigenvalue weighted by molar-refractivity contribution is 5.90. The van der Waals surface area contributed by atoms with E-state index >= 15 is 0 Å². The second-order valence-corrected chi connectivity index (χ2v) is 9.46. The average molecular weight is 504 g/mol. The van der Waals surface area contributed by atoms with Crippen molar-refractivity contribution in [3.8, 4) is 6.07 Å². The fraction of sp³-hybridized carbons (Fsp3) is 0.429. The molecule has 4 rings (SSSR count). The fourth-order valence-electron chi connectivity index (χ4n) is 4.67. The predicted molar refractivity (Wildman–Crippen MR) is 140 cm³/mol. The lowest BCUT2D eigenvalue weighted by atomic mass is 9.81. The first-order chi connectivity index (χ1) is 17.9. The number of aryl methyl sites for hydroxylation is 1. The third-order valence-electron chi connectivity index (χ3n) is 6.86. The highest BCUT2D eigenvalue weighted by Gasteiger charge is 2.40. The Kier molecular flexibility index (Phi) is 8.09. The standard InChI is InChI=1S/C28H33N5O4/c1-4-37-26(34)18-36-19-28(2,27(35)33-13-5-6-14-33)21-9-12-24-23(15-21)31-25(32(24)3)17-30-22-10-7-20(16-29)8-11-22/h7-12,15,30H,4-6,13-14,17-19H2,1-3H3. The van der Waals surface area contributed by atoms with Crippen molar-refractivity contribution in [3.05, 3.63) is 59.4 Å². The Morgan fingerprint density at radius 2 is 1.89 bits per heavy atom. The van der Waals surface area contributed by atoms with E-state index < -0.39 is 11.4 Å². The Bertz CT molecular complexity index is 1300. The van der Waals surface area contributed by atoms with Crippen molar-refractivity contribution >= 4 is 28.6 Å². The van der Waals surface area contributed by atoms with Gasteiger partial charge in [0.2, 0.25) is 5.91 Å². The Morgan fingerprint density at radius 1 is 1.16 bits per heavy atom. The first-order valence-corrected chi connectivity index (χ1v) is 12.6. The number of anilines is 1. The highest BCUT2D eigenvalue weighted by Crippen LogP contribution is 2.31. The zero-order valence-electron chi connectivity index (χ0n) is 21.6. The van der Waals surface area contributed by atoms with Crippen molar-refractivity contribution in [1.82, 2.24) is 14.5 Å². The van der Waals surface area contributed by atoms with E-state index in [9.17, 15) is 9.59 Å². The van der Waals surface area contributed by atoms with Gasteiger partial charge in [-0.2, -0.15) is 5.26 Å². The van der Waals surface area contributed by atoms with Crippen LogP contribution >= 0.6 is 0 Å². The summed E-state index contributed by atoms with van der Waals surface area (Å²) in [4.78, 5) is 32.2.